The molecule has 0 amide bonds. The Balaban J connectivity index is 4.51. The van der Waals surface area contributed by atoms with Crippen LogP contribution in [0.2, 0.25) is 0 Å². The van der Waals surface area contributed by atoms with E-state index in [9.17, 15) is 24.2 Å². The maximum atomic E-state index is 12.7. The Morgan fingerprint density at radius 1 is 0.613 bits per heavy atom. The van der Waals surface area contributed by atoms with E-state index < -0.39 is 38.6 Å². The van der Waals surface area contributed by atoms with Gasteiger partial charge >= 0.3 is 11.9 Å². The molecule has 0 aromatic heterocycles. The summed E-state index contributed by atoms with van der Waals surface area (Å²) in [6.07, 6.45) is 51.8. The molecule has 62 heavy (non-hydrogen) atoms. The number of hydrogen-bond acceptors (Lipinski definition) is 9. The lowest BCUT2D eigenvalue weighted by Crippen LogP contribution is -2.37. The number of carbonyl (C=O) groups excluding carboxylic acids is 2. The molecule has 0 aliphatic heterocycles. The number of unbranched alkanes of at least 4 members (excludes halogenated alkanes) is 11. The average molecular weight is 888 g/mol. The molecular weight excluding hydrogens is 802 g/mol. The van der Waals surface area contributed by atoms with Crippen LogP contribution in [0.4, 0.5) is 0 Å². The van der Waals surface area contributed by atoms with E-state index in [-0.39, 0.29) is 26.1 Å². The van der Waals surface area contributed by atoms with Crippen molar-refractivity contribution in [2.75, 3.05) is 47.5 Å². The Morgan fingerprint density at radius 2 is 1.15 bits per heavy atom. The molecule has 0 aliphatic rings. The number of allylic oxidation sites excluding steroid dienone is 14. The maximum absolute atomic E-state index is 12.7. The molecule has 0 spiro atoms. The summed E-state index contributed by atoms with van der Waals surface area (Å²) in [6.45, 7) is 3.90. The minimum Gasteiger partial charge on any atom is -0.756 e. The van der Waals surface area contributed by atoms with Crippen molar-refractivity contribution in [1.29, 1.82) is 0 Å². The summed E-state index contributed by atoms with van der Waals surface area (Å²) in [4.78, 5) is 37.6. The molecule has 10 nitrogen and oxygen atoms in total. The normalized spacial score (nSPS) is 14.9. The molecule has 0 aliphatic carbocycles. The van der Waals surface area contributed by atoms with Gasteiger partial charge in [-0.2, -0.15) is 0 Å². The fraction of sp³-hybridized carbons (Fsp3) is 0.647. The Bertz CT molecular complexity index is 1390. The van der Waals surface area contributed by atoms with Gasteiger partial charge in [-0.15, -0.1) is 0 Å². The van der Waals surface area contributed by atoms with Gasteiger partial charge in [0.2, 0.25) is 0 Å². The summed E-state index contributed by atoms with van der Waals surface area (Å²) >= 11 is 0. The fourth-order valence-electron chi connectivity index (χ4n) is 5.72. The first-order valence-electron chi connectivity index (χ1n) is 23.6. The first kappa shape index (κ1) is 58.9. The van der Waals surface area contributed by atoms with E-state index in [4.69, 9.17) is 18.5 Å². The number of aliphatic hydroxyl groups is 1. The largest absolute Gasteiger partial charge is 0.756 e. The second-order valence-corrected chi connectivity index (χ2v) is 18.0. The predicted molar refractivity (Wildman–Crippen MR) is 255 cm³/mol. The van der Waals surface area contributed by atoms with Gasteiger partial charge in [0.05, 0.1) is 33.9 Å². The minimum absolute atomic E-state index is 0.0582. The van der Waals surface area contributed by atoms with E-state index in [0.29, 0.717) is 36.7 Å². The minimum atomic E-state index is -4.67. The highest BCUT2D eigenvalue weighted by atomic mass is 31.2. The molecule has 0 saturated carbocycles. The van der Waals surface area contributed by atoms with E-state index >= 15 is 0 Å². The summed E-state index contributed by atoms with van der Waals surface area (Å²) in [6, 6.07) is 0. The van der Waals surface area contributed by atoms with Gasteiger partial charge in [0, 0.05) is 12.8 Å². The number of nitrogens with zero attached hydrogens (tertiary/aromatic N) is 1. The third-order valence-corrected chi connectivity index (χ3v) is 10.4. The van der Waals surface area contributed by atoms with Crippen molar-refractivity contribution in [1.82, 2.24) is 0 Å². The molecule has 2 unspecified atom stereocenters. The Kier molecular flexibility index (Phi) is 39.8. The predicted octanol–water partition coefficient (Wildman–Crippen LogP) is 12.1. The van der Waals surface area contributed by atoms with Gasteiger partial charge in [0.1, 0.15) is 19.8 Å². The zero-order valence-electron chi connectivity index (χ0n) is 39.4. The Hall–Kier alpha value is -3.11. The molecule has 0 aromatic rings. The summed E-state index contributed by atoms with van der Waals surface area (Å²) in [5.41, 5.74) is 0. The van der Waals surface area contributed by atoms with Crippen LogP contribution in [0.25, 0.3) is 0 Å². The highest BCUT2D eigenvalue weighted by Crippen LogP contribution is 2.38. The number of hydrogen-bond donors (Lipinski definition) is 1. The lowest BCUT2D eigenvalue weighted by molar-refractivity contribution is -0.870. The molecule has 1 N–H and O–H groups in total. The molecule has 0 aromatic carbocycles. The number of carbonyl (C=O) groups is 2. The van der Waals surface area contributed by atoms with Crippen LogP contribution in [0, 0.1) is 0 Å². The monoisotopic (exact) mass is 888 g/mol. The molecule has 3 atom stereocenters. The summed E-state index contributed by atoms with van der Waals surface area (Å²) in [5, 5.41) is 10.0. The topological polar surface area (TPSA) is 131 Å². The number of quaternary nitrogens is 1. The molecule has 0 fully saturated rings. The van der Waals surface area contributed by atoms with E-state index in [0.717, 1.165) is 70.6 Å². The lowest BCUT2D eigenvalue weighted by Gasteiger charge is -2.28. The molecule has 0 heterocycles. The third-order valence-electron chi connectivity index (χ3n) is 9.42. The number of ether oxygens (including phenoxy) is 2. The number of likely N-dealkylation sites (N-methyl/N-ethyl adjacent to an activating group) is 1. The zero-order chi connectivity index (χ0) is 45.8. The van der Waals surface area contributed by atoms with E-state index in [2.05, 4.69) is 68.5 Å². The van der Waals surface area contributed by atoms with E-state index in [1.54, 1.807) is 6.08 Å². The highest BCUT2D eigenvalue weighted by Gasteiger charge is 2.21. The van der Waals surface area contributed by atoms with Crippen LogP contribution in [-0.4, -0.2) is 81.2 Å². The van der Waals surface area contributed by atoms with Gasteiger partial charge in [-0.1, -0.05) is 156 Å². The van der Waals surface area contributed by atoms with E-state index in [1.807, 2.05) is 57.6 Å². The molecule has 11 heteroatoms. The van der Waals surface area contributed by atoms with Crippen LogP contribution in [0.1, 0.15) is 155 Å². The smallest absolute Gasteiger partial charge is 0.306 e. The number of esters is 2. The van der Waals surface area contributed by atoms with Crippen LogP contribution in [0.3, 0.4) is 0 Å². The quantitative estimate of drug-likeness (QED) is 0.0159. The average Bonchev–Trinajstić information content (AvgIpc) is 3.22. The van der Waals surface area contributed by atoms with Crippen LogP contribution in [0.5, 0.6) is 0 Å². The van der Waals surface area contributed by atoms with Crippen LogP contribution in [0.15, 0.2) is 97.2 Å². The second kappa shape index (κ2) is 41.9. The zero-order valence-corrected chi connectivity index (χ0v) is 40.3. The SMILES string of the molecule is CC/C=C\C/C=C\CC(O)/C=C/C=C\C/C=C\CCCC(=O)OC[C@H](COP(=O)([O-])OCC[N+](C)(C)C)OC(=O)CCCCCCCC/C=C\C/C=C\C/C=C\CCCCCC. The summed E-state index contributed by atoms with van der Waals surface area (Å²) < 4.78 is 33.8. The van der Waals surface area contributed by atoms with Crippen molar-refractivity contribution in [3.63, 3.8) is 0 Å². The van der Waals surface area contributed by atoms with Crippen LogP contribution >= 0.6 is 7.82 Å². The number of aliphatic hydroxyl groups excluding tert-OH is 1. The van der Waals surface area contributed by atoms with Gasteiger partial charge < -0.3 is 33.0 Å². The second-order valence-electron chi connectivity index (χ2n) is 16.6. The molecule has 0 radical (unpaired) electrons. The standard InChI is InChI=1S/C51H86NO9P/c1-6-8-10-12-14-15-16-17-18-19-20-21-22-23-24-25-26-31-35-39-43-51(55)61-49(47-60-62(56,57)59-45-44-52(3,4)5)46-58-50(54)42-38-34-30-28-27-29-33-37-41-48(53)40-36-32-13-11-9-7-2/h9,11,15-16,18-19,21-22,28-30,32-33,36-37,41,48-49,53H,6-8,10,12-14,17,20,23-27,31,34-35,38-40,42-47H2,1-5H3/b11-9-,16-15-,19-18-,22-21-,30-28-,33-29-,36-32-,41-37+/t48?,49-/m1/s1. The molecular formula is C51H86NO9P. The van der Waals surface area contributed by atoms with Crippen molar-refractivity contribution in [2.45, 2.75) is 167 Å². The molecule has 354 valence electrons. The van der Waals surface area contributed by atoms with Gasteiger partial charge in [-0.25, -0.2) is 0 Å². The Labute approximate surface area is 377 Å². The first-order chi connectivity index (χ1) is 29.9. The maximum Gasteiger partial charge on any atom is 0.306 e. The first-order valence-corrected chi connectivity index (χ1v) is 25.0. The summed E-state index contributed by atoms with van der Waals surface area (Å²) in [7, 11) is 1.07. The van der Waals surface area contributed by atoms with Crippen LogP contribution in [-0.2, 0) is 32.7 Å². The van der Waals surface area contributed by atoms with Crippen molar-refractivity contribution < 1.29 is 47.2 Å². The van der Waals surface area contributed by atoms with Crippen molar-refractivity contribution in [3.8, 4) is 0 Å². The fourth-order valence-corrected chi connectivity index (χ4v) is 6.45. The van der Waals surface area contributed by atoms with E-state index in [1.165, 1.54) is 32.1 Å². The van der Waals surface area contributed by atoms with Gasteiger partial charge in [-0.05, 0) is 83.5 Å². The van der Waals surface area contributed by atoms with Crippen molar-refractivity contribution in [2.24, 2.45) is 0 Å². The van der Waals surface area contributed by atoms with Gasteiger partial charge in [0.15, 0.2) is 6.10 Å². The number of phosphoric acid groups is 1. The van der Waals surface area contributed by atoms with Crippen molar-refractivity contribution >= 4 is 19.8 Å². The molecule has 0 saturated heterocycles. The molecule has 0 rings (SSSR count). The highest BCUT2D eigenvalue weighted by molar-refractivity contribution is 7.45. The molecule has 0 bridgehead atoms. The lowest BCUT2D eigenvalue weighted by atomic mass is 10.1. The Morgan fingerprint density at radius 3 is 1.77 bits per heavy atom. The number of rotatable bonds is 41. The van der Waals surface area contributed by atoms with Crippen LogP contribution < -0.4 is 4.89 Å². The van der Waals surface area contributed by atoms with Gasteiger partial charge in [0.25, 0.3) is 7.82 Å². The van der Waals surface area contributed by atoms with Crippen molar-refractivity contribution in [3.05, 3.63) is 97.2 Å². The third kappa shape index (κ3) is 44.9. The van der Waals surface area contributed by atoms with Gasteiger partial charge in [-0.3, -0.25) is 14.2 Å². The number of phosphoric ester groups is 1. The summed E-state index contributed by atoms with van der Waals surface area (Å²) in [5.74, 6) is -0.966.